The molecule has 4 heteroatoms. The first-order chi connectivity index (χ1) is 8.22. The van der Waals surface area contributed by atoms with Crippen molar-refractivity contribution in [2.45, 2.75) is 57.8 Å². The van der Waals surface area contributed by atoms with Crippen LogP contribution in [0.4, 0.5) is 0 Å². The number of aliphatic hydroxyl groups excluding tert-OH is 1. The summed E-state index contributed by atoms with van der Waals surface area (Å²) in [6.45, 7) is 10.0. The Balaban J connectivity index is 2.06. The number of carbonyl (C=O) groups is 1. The molecule has 1 N–H and O–H groups in total. The number of Topliss-reactive ketones (excluding diaryl/α,β-unsaturated/α-hetero) is 1. The lowest BCUT2D eigenvalue weighted by Crippen LogP contribution is -2.46. The van der Waals surface area contributed by atoms with E-state index in [1.54, 1.807) is 0 Å². The molecule has 4 nitrogen and oxygen atoms in total. The van der Waals surface area contributed by atoms with Gasteiger partial charge in [-0.1, -0.05) is 0 Å². The molecule has 104 valence electrons. The van der Waals surface area contributed by atoms with Crippen LogP contribution in [0.5, 0.6) is 0 Å². The Hall–Kier alpha value is -0.450. The van der Waals surface area contributed by atoms with E-state index in [0.717, 1.165) is 19.4 Å². The molecule has 2 atom stereocenters. The van der Waals surface area contributed by atoms with Gasteiger partial charge in [0.05, 0.1) is 17.6 Å². The quantitative estimate of drug-likeness (QED) is 0.806. The third kappa shape index (κ3) is 2.60. The minimum Gasteiger partial charge on any atom is -0.392 e. The van der Waals surface area contributed by atoms with Crippen molar-refractivity contribution in [3.8, 4) is 0 Å². The molecule has 2 aliphatic rings. The molecule has 2 saturated heterocycles. The molecule has 0 aromatic rings. The molecule has 2 unspecified atom stereocenters. The monoisotopic (exact) mass is 255 g/mol. The lowest BCUT2D eigenvalue weighted by Gasteiger charge is -2.34. The fourth-order valence-corrected chi connectivity index (χ4v) is 3.27. The molecule has 0 amide bonds. The zero-order valence-electron chi connectivity index (χ0n) is 11.9. The van der Waals surface area contributed by atoms with Crippen molar-refractivity contribution in [1.82, 2.24) is 4.90 Å². The number of piperidine rings is 1. The molecule has 2 rings (SSSR count). The molecule has 2 heterocycles. The van der Waals surface area contributed by atoms with E-state index in [1.165, 1.54) is 0 Å². The summed E-state index contributed by atoms with van der Waals surface area (Å²) in [6.07, 6.45) is 1.64. The number of ether oxygens (including phenoxy) is 1. The van der Waals surface area contributed by atoms with E-state index in [0.29, 0.717) is 13.1 Å². The Kier molecular flexibility index (Phi) is 3.56. The third-order valence-corrected chi connectivity index (χ3v) is 4.19. The van der Waals surface area contributed by atoms with Gasteiger partial charge in [0.25, 0.3) is 0 Å². The molecule has 0 bridgehead atoms. The fraction of sp³-hybridized carbons (Fsp3) is 0.929. The summed E-state index contributed by atoms with van der Waals surface area (Å²) >= 11 is 0. The summed E-state index contributed by atoms with van der Waals surface area (Å²) in [4.78, 5) is 14.6. The van der Waals surface area contributed by atoms with Gasteiger partial charge in [0, 0.05) is 13.1 Å². The number of β-amino-alcohol motifs (C(OH)–C–C–N with tert-alkyl or cyclic N) is 1. The van der Waals surface area contributed by atoms with Crippen LogP contribution in [0.3, 0.4) is 0 Å². The van der Waals surface area contributed by atoms with Crippen LogP contribution < -0.4 is 0 Å². The smallest absolute Gasteiger partial charge is 0.171 e. The lowest BCUT2D eigenvalue weighted by molar-refractivity contribution is -0.132. The maximum Gasteiger partial charge on any atom is 0.171 e. The highest BCUT2D eigenvalue weighted by atomic mass is 16.5. The van der Waals surface area contributed by atoms with Gasteiger partial charge in [-0.3, -0.25) is 9.69 Å². The first-order valence-corrected chi connectivity index (χ1v) is 6.87. The summed E-state index contributed by atoms with van der Waals surface area (Å²) in [7, 11) is 0. The predicted molar refractivity (Wildman–Crippen MR) is 69.4 cm³/mol. The maximum atomic E-state index is 12.4. The largest absolute Gasteiger partial charge is 0.392 e. The van der Waals surface area contributed by atoms with Gasteiger partial charge < -0.3 is 9.84 Å². The van der Waals surface area contributed by atoms with E-state index in [-0.39, 0.29) is 17.8 Å². The van der Waals surface area contributed by atoms with E-state index in [1.807, 2.05) is 27.7 Å². The van der Waals surface area contributed by atoms with Crippen LogP contribution in [0.15, 0.2) is 0 Å². The van der Waals surface area contributed by atoms with E-state index >= 15 is 0 Å². The molecular weight excluding hydrogens is 230 g/mol. The van der Waals surface area contributed by atoms with Gasteiger partial charge in [0.15, 0.2) is 5.78 Å². The van der Waals surface area contributed by atoms with Crippen LogP contribution in [0.2, 0.25) is 0 Å². The zero-order valence-corrected chi connectivity index (χ0v) is 11.9. The molecule has 0 radical (unpaired) electrons. The molecular formula is C14H25NO3. The van der Waals surface area contributed by atoms with Gasteiger partial charge in [-0.2, -0.15) is 0 Å². The van der Waals surface area contributed by atoms with Crippen LogP contribution in [-0.4, -0.2) is 52.7 Å². The van der Waals surface area contributed by atoms with Crippen LogP contribution in [0.1, 0.15) is 40.5 Å². The van der Waals surface area contributed by atoms with Gasteiger partial charge in [-0.15, -0.1) is 0 Å². The number of aliphatic hydroxyl groups is 1. The number of rotatable bonds is 2. The molecule has 0 saturated carbocycles. The Morgan fingerprint density at radius 3 is 2.56 bits per heavy atom. The summed E-state index contributed by atoms with van der Waals surface area (Å²) in [5.41, 5.74) is -1.09. The van der Waals surface area contributed by atoms with Gasteiger partial charge >= 0.3 is 0 Å². The van der Waals surface area contributed by atoms with Crippen LogP contribution >= 0.6 is 0 Å². The lowest BCUT2D eigenvalue weighted by atomic mass is 9.85. The number of ketones is 1. The highest BCUT2D eigenvalue weighted by Crippen LogP contribution is 2.39. The molecule has 0 aromatic carbocycles. The predicted octanol–water partition coefficient (Wildman–Crippen LogP) is 1.22. The molecule has 2 aliphatic heterocycles. The highest BCUT2D eigenvalue weighted by Gasteiger charge is 2.53. The van der Waals surface area contributed by atoms with Crippen molar-refractivity contribution in [3.63, 3.8) is 0 Å². The highest BCUT2D eigenvalue weighted by molar-refractivity contribution is 5.91. The van der Waals surface area contributed by atoms with Crippen LogP contribution in [-0.2, 0) is 9.53 Å². The number of hydrogen-bond acceptors (Lipinski definition) is 4. The van der Waals surface area contributed by atoms with E-state index < -0.39 is 11.2 Å². The molecule has 2 fully saturated rings. The number of nitrogens with zero attached hydrogens (tertiary/aromatic N) is 1. The standard InChI is InChI=1S/C14H25NO3/c1-13(2)11(12(17)14(3,4)18-13)9-15-7-5-6-10(16)8-15/h10-11,16H,5-9H2,1-4H3. The first-order valence-electron chi connectivity index (χ1n) is 6.87. The second kappa shape index (κ2) is 4.58. The number of hydrogen-bond donors (Lipinski definition) is 1. The van der Waals surface area contributed by atoms with Gasteiger partial charge in [-0.05, 0) is 47.1 Å². The average molecular weight is 255 g/mol. The van der Waals surface area contributed by atoms with Gasteiger partial charge in [0.2, 0.25) is 0 Å². The first kappa shape index (κ1) is 14.0. The van der Waals surface area contributed by atoms with Gasteiger partial charge in [-0.25, -0.2) is 0 Å². The van der Waals surface area contributed by atoms with Crippen molar-refractivity contribution in [3.05, 3.63) is 0 Å². The summed E-state index contributed by atoms with van der Waals surface area (Å²) in [5, 5.41) is 9.69. The average Bonchev–Trinajstić information content (AvgIpc) is 2.37. The Labute approximate surface area is 109 Å². The Bertz CT molecular complexity index is 338. The Morgan fingerprint density at radius 2 is 2.06 bits per heavy atom. The normalized spacial score (nSPS) is 35.9. The fourth-order valence-electron chi connectivity index (χ4n) is 3.27. The minimum atomic E-state index is -0.678. The van der Waals surface area contributed by atoms with E-state index in [4.69, 9.17) is 4.74 Å². The minimum absolute atomic E-state index is 0.0993. The second-order valence-corrected chi connectivity index (χ2v) is 6.69. The van der Waals surface area contributed by atoms with Crippen LogP contribution in [0.25, 0.3) is 0 Å². The molecule has 0 aromatic heterocycles. The summed E-state index contributed by atoms with van der Waals surface area (Å²) < 4.78 is 5.89. The summed E-state index contributed by atoms with van der Waals surface area (Å²) in [6, 6.07) is 0. The molecule has 18 heavy (non-hydrogen) atoms. The van der Waals surface area contributed by atoms with E-state index in [2.05, 4.69) is 4.90 Å². The number of carbonyl (C=O) groups excluding carboxylic acids is 1. The zero-order chi connectivity index (χ0) is 13.6. The molecule has 0 aliphatic carbocycles. The maximum absolute atomic E-state index is 12.4. The number of likely N-dealkylation sites (tertiary alicyclic amines) is 1. The molecule has 0 spiro atoms. The summed E-state index contributed by atoms with van der Waals surface area (Å²) in [5.74, 6) is 0.0883. The van der Waals surface area contributed by atoms with Gasteiger partial charge in [0.1, 0.15) is 5.60 Å². The van der Waals surface area contributed by atoms with E-state index in [9.17, 15) is 9.90 Å². The van der Waals surface area contributed by atoms with Crippen molar-refractivity contribution in [2.75, 3.05) is 19.6 Å². The second-order valence-electron chi connectivity index (χ2n) is 6.69. The van der Waals surface area contributed by atoms with Crippen molar-refractivity contribution >= 4 is 5.78 Å². The van der Waals surface area contributed by atoms with Crippen molar-refractivity contribution in [2.24, 2.45) is 5.92 Å². The topological polar surface area (TPSA) is 49.8 Å². The van der Waals surface area contributed by atoms with Crippen molar-refractivity contribution in [1.29, 1.82) is 0 Å². The Morgan fingerprint density at radius 1 is 1.39 bits per heavy atom. The third-order valence-electron chi connectivity index (χ3n) is 4.19. The SMILES string of the molecule is CC1(C)OC(C)(C)C(CN2CCCC(O)C2)C1=O. The van der Waals surface area contributed by atoms with Crippen molar-refractivity contribution < 1.29 is 14.6 Å². The van der Waals surface area contributed by atoms with Crippen LogP contribution in [0, 0.1) is 5.92 Å².